The first-order valence-electron chi connectivity index (χ1n) is 10.8. The molecule has 5 heteroatoms. The van der Waals surface area contributed by atoms with Gasteiger partial charge >= 0.3 is 11.9 Å². The van der Waals surface area contributed by atoms with Gasteiger partial charge in [0.2, 0.25) is 0 Å². The lowest BCUT2D eigenvalue weighted by Crippen LogP contribution is -2.53. The molecule has 0 heterocycles. The van der Waals surface area contributed by atoms with Crippen molar-refractivity contribution in [1.82, 2.24) is 0 Å². The zero-order chi connectivity index (χ0) is 21.9. The van der Waals surface area contributed by atoms with E-state index in [4.69, 9.17) is 9.47 Å². The molecule has 0 spiro atoms. The maximum Gasteiger partial charge on any atom is 0.303 e. The standard InChI is InChI=1S/C24H38O5/c1-14(2)19-10-11-24(7,27)23-20(19)12-15(3)8-9-21(28-17(5)25)16(4)13-22(23)29-18(6)26/h12,14,19-23,27H,4,8-11,13H2,1-3,5-7H3/b15-12-/t19-,20-,21-,22-,23+,24-/m1/s1. The van der Waals surface area contributed by atoms with Crippen LogP contribution in [0.3, 0.4) is 0 Å². The largest absolute Gasteiger partial charge is 0.462 e. The van der Waals surface area contributed by atoms with Gasteiger partial charge in [0.15, 0.2) is 0 Å². The molecule has 2 rings (SSSR count). The van der Waals surface area contributed by atoms with Gasteiger partial charge in [0.1, 0.15) is 12.2 Å². The van der Waals surface area contributed by atoms with E-state index in [1.54, 1.807) is 0 Å². The molecule has 29 heavy (non-hydrogen) atoms. The second kappa shape index (κ2) is 9.46. The molecule has 0 amide bonds. The lowest BCUT2D eigenvalue weighted by molar-refractivity contribution is -0.167. The van der Waals surface area contributed by atoms with Gasteiger partial charge in [-0.15, -0.1) is 0 Å². The lowest BCUT2D eigenvalue weighted by atomic mass is 9.59. The summed E-state index contributed by atoms with van der Waals surface area (Å²) in [7, 11) is 0. The molecule has 2 aliphatic carbocycles. The third-order valence-corrected chi connectivity index (χ3v) is 6.69. The van der Waals surface area contributed by atoms with Crippen LogP contribution in [-0.4, -0.2) is 34.9 Å². The first-order chi connectivity index (χ1) is 13.4. The first kappa shape index (κ1) is 23.7. The smallest absolute Gasteiger partial charge is 0.303 e. The Morgan fingerprint density at radius 2 is 1.83 bits per heavy atom. The highest BCUT2D eigenvalue weighted by Crippen LogP contribution is 2.49. The van der Waals surface area contributed by atoms with Crippen molar-refractivity contribution in [3.63, 3.8) is 0 Å². The van der Waals surface area contributed by atoms with Crippen LogP contribution in [0.15, 0.2) is 23.8 Å². The summed E-state index contributed by atoms with van der Waals surface area (Å²) in [6.45, 7) is 15.4. The predicted molar refractivity (Wildman–Crippen MR) is 113 cm³/mol. The van der Waals surface area contributed by atoms with Gasteiger partial charge in [-0.3, -0.25) is 9.59 Å². The SMILES string of the molecule is C=C1C[C@@H](OC(C)=O)[C@@H]2[C@H](/C=C(/C)CC[C@H]1OC(C)=O)[C@@H](C(C)C)CC[C@@]2(C)O. The molecule has 0 radical (unpaired) electrons. The van der Waals surface area contributed by atoms with Gasteiger partial charge in [0, 0.05) is 26.2 Å². The molecule has 0 saturated heterocycles. The van der Waals surface area contributed by atoms with Crippen LogP contribution in [0, 0.1) is 23.7 Å². The van der Waals surface area contributed by atoms with Crippen molar-refractivity contribution in [2.24, 2.45) is 23.7 Å². The summed E-state index contributed by atoms with van der Waals surface area (Å²) in [6.07, 6.45) is 4.80. The minimum atomic E-state index is -0.955. The highest BCUT2D eigenvalue weighted by molar-refractivity contribution is 5.67. The monoisotopic (exact) mass is 406 g/mol. The molecule has 5 nitrogen and oxygen atoms in total. The van der Waals surface area contributed by atoms with Crippen molar-refractivity contribution in [3.05, 3.63) is 23.8 Å². The van der Waals surface area contributed by atoms with E-state index in [0.29, 0.717) is 31.1 Å². The predicted octanol–water partition coefficient (Wildman–Crippen LogP) is 4.59. The Balaban J connectivity index is 2.54. The molecular weight excluding hydrogens is 368 g/mol. The van der Waals surface area contributed by atoms with E-state index in [2.05, 4.69) is 33.4 Å². The van der Waals surface area contributed by atoms with Gasteiger partial charge in [-0.1, -0.05) is 32.1 Å². The first-order valence-corrected chi connectivity index (χ1v) is 10.8. The lowest BCUT2D eigenvalue weighted by Gasteiger charge is -2.50. The number of carbonyl (C=O) groups excluding carboxylic acids is 2. The van der Waals surface area contributed by atoms with Gasteiger partial charge in [-0.05, 0) is 62.9 Å². The summed E-state index contributed by atoms with van der Waals surface area (Å²) in [6, 6.07) is 0. The zero-order valence-corrected chi connectivity index (χ0v) is 18.9. The van der Waals surface area contributed by atoms with Gasteiger partial charge in [-0.25, -0.2) is 0 Å². The number of hydrogen-bond donors (Lipinski definition) is 1. The Morgan fingerprint density at radius 3 is 2.38 bits per heavy atom. The fraction of sp³-hybridized carbons (Fsp3) is 0.750. The van der Waals surface area contributed by atoms with Crippen LogP contribution in [0.1, 0.15) is 73.6 Å². The Morgan fingerprint density at radius 1 is 1.21 bits per heavy atom. The normalized spacial score (nSPS) is 37.9. The van der Waals surface area contributed by atoms with E-state index in [0.717, 1.165) is 18.4 Å². The Labute approximate surface area is 175 Å². The van der Waals surface area contributed by atoms with Crippen molar-refractivity contribution in [2.45, 2.75) is 91.5 Å². The molecular formula is C24H38O5. The molecule has 2 aliphatic rings. The molecule has 6 atom stereocenters. The van der Waals surface area contributed by atoms with E-state index in [1.165, 1.54) is 19.4 Å². The topological polar surface area (TPSA) is 72.8 Å². The van der Waals surface area contributed by atoms with Crippen LogP contribution in [0.4, 0.5) is 0 Å². The second-order valence-electron chi connectivity index (χ2n) is 9.57. The summed E-state index contributed by atoms with van der Waals surface area (Å²) in [5, 5.41) is 11.4. The highest BCUT2D eigenvalue weighted by Gasteiger charge is 2.50. The third kappa shape index (κ3) is 5.94. The van der Waals surface area contributed by atoms with Crippen LogP contribution >= 0.6 is 0 Å². The molecule has 1 N–H and O–H groups in total. The van der Waals surface area contributed by atoms with Gasteiger partial charge < -0.3 is 14.6 Å². The number of ether oxygens (including phenoxy) is 2. The second-order valence-corrected chi connectivity index (χ2v) is 9.57. The Hall–Kier alpha value is -1.62. The van der Waals surface area contributed by atoms with Crippen molar-refractivity contribution < 1.29 is 24.2 Å². The fourth-order valence-corrected chi connectivity index (χ4v) is 5.31. The fourth-order valence-electron chi connectivity index (χ4n) is 5.31. The van der Waals surface area contributed by atoms with E-state index < -0.39 is 17.8 Å². The maximum absolute atomic E-state index is 12.0. The quantitative estimate of drug-likeness (QED) is 0.548. The number of rotatable bonds is 3. The van der Waals surface area contributed by atoms with E-state index >= 15 is 0 Å². The highest BCUT2D eigenvalue weighted by atomic mass is 16.5. The summed E-state index contributed by atoms with van der Waals surface area (Å²) in [5.41, 5.74) is 0.989. The van der Waals surface area contributed by atoms with Gasteiger partial charge in [-0.2, -0.15) is 0 Å². The molecule has 0 aromatic heterocycles. The van der Waals surface area contributed by atoms with Crippen LogP contribution in [0.2, 0.25) is 0 Å². The Kier molecular flexibility index (Phi) is 7.72. The summed E-state index contributed by atoms with van der Waals surface area (Å²) in [5.74, 6) is 0.0226. The van der Waals surface area contributed by atoms with Crippen molar-refractivity contribution in [3.8, 4) is 0 Å². The minimum absolute atomic E-state index is 0.112. The molecule has 1 saturated carbocycles. The molecule has 0 unspecified atom stereocenters. The molecule has 0 aromatic carbocycles. The third-order valence-electron chi connectivity index (χ3n) is 6.69. The summed E-state index contributed by atoms with van der Waals surface area (Å²) in [4.78, 5) is 23.6. The average Bonchev–Trinajstić information content (AvgIpc) is 2.55. The van der Waals surface area contributed by atoms with Crippen LogP contribution in [0.25, 0.3) is 0 Å². The van der Waals surface area contributed by atoms with E-state index in [1.807, 2.05) is 6.92 Å². The van der Waals surface area contributed by atoms with E-state index in [-0.39, 0.29) is 23.8 Å². The molecule has 0 aliphatic heterocycles. The number of hydrogen-bond acceptors (Lipinski definition) is 5. The number of fused-ring (bicyclic) bond motifs is 1. The van der Waals surface area contributed by atoms with Crippen LogP contribution < -0.4 is 0 Å². The molecule has 0 bridgehead atoms. The number of allylic oxidation sites excluding steroid dienone is 2. The summed E-state index contributed by atoms with van der Waals surface area (Å²) < 4.78 is 11.3. The molecule has 1 fully saturated rings. The maximum atomic E-state index is 12.0. The number of carbonyl (C=O) groups is 2. The number of aliphatic hydroxyl groups is 1. The average molecular weight is 407 g/mol. The minimum Gasteiger partial charge on any atom is -0.462 e. The zero-order valence-electron chi connectivity index (χ0n) is 18.9. The number of esters is 2. The van der Waals surface area contributed by atoms with Gasteiger partial charge in [0.25, 0.3) is 0 Å². The van der Waals surface area contributed by atoms with Gasteiger partial charge in [0.05, 0.1) is 5.60 Å². The van der Waals surface area contributed by atoms with Crippen LogP contribution in [-0.2, 0) is 19.1 Å². The van der Waals surface area contributed by atoms with E-state index in [9.17, 15) is 14.7 Å². The van der Waals surface area contributed by atoms with Crippen LogP contribution in [0.5, 0.6) is 0 Å². The Bertz CT molecular complexity index is 660. The van der Waals surface area contributed by atoms with Crippen molar-refractivity contribution in [2.75, 3.05) is 0 Å². The van der Waals surface area contributed by atoms with Crippen molar-refractivity contribution >= 4 is 11.9 Å². The van der Waals surface area contributed by atoms with Crippen molar-refractivity contribution in [1.29, 1.82) is 0 Å². The summed E-state index contributed by atoms with van der Waals surface area (Å²) >= 11 is 0. The molecule has 164 valence electrons. The molecule has 0 aromatic rings.